The zero-order valence-corrected chi connectivity index (χ0v) is 13.9. The van der Waals surface area contributed by atoms with Crippen molar-refractivity contribution >= 4 is 29.6 Å². The monoisotopic (exact) mass is 352 g/mol. The second-order valence-electron chi connectivity index (χ2n) is 5.48. The molecule has 1 fully saturated rings. The summed E-state index contributed by atoms with van der Waals surface area (Å²) in [6, 6.07) is 11.6. The number of anilines is 1. The van der Waals surface area contributed by atoms with E-state index < -0.39 is 17.8 Å². The Morgan fingerprint density at radius 2 is 1.85 bits per heavy atom. The minimum Gasteiger partial charge on any atom is -0.508 e. The minimum absolute atomic E-state index is 0.00167. The first-order valence-electron chi connectivity index (χ1n) is 7.93. The van der Waals surface area contributed by atoms with Crippen molar-refractivity contribution in [1.82, 2.24) is 5.32 Å². The fourth-order valence-electron chi connectivity index (χ4n) is 2.52. The van der Waals surface area contributed by atoms with Gasteiger partial charge in [-0.15, -0.1) is 0 Å². The zero-order chi connectivity index (χ0) is 18.7. The van der Waals surface area contributed by atoms with Crippen LogP contribution in [0.2, 0.25) is 0 Å². The second kappa shape index (κ2) is 7.10. The molecule has 0 bridgehead atoms. The van der Waals surface area contributed by atoms with Crippen LogP contribution in [0.5, 0.6) is 11.5 Å². The Morgan fingerprint density at radius 3 is 2.54 bits per heavy atom. The number of phenols is 1. The molecule has 2 aromatic carbocycles. The Morgan fingerprint density at radius 1 is 1.12 bits per heavy atom. The molecular weight excluding hydrogens is 336 g/mol. The van der Waals surface area contributed by atoms with Crippen LogP contribution in [0.4, 0.5) is 10.5 Å². The second-order valence-corrected chi connectivity index (χ2v) is 5.48. The van der Waals surface area contributed by atoms with Gasteiger partial charge in [0.15, 0.2) is 0 Å². The number of nitrogens with one attached hydrogen (secondary N) is 1. The van der Waals surface area contributed by atoms with Crippen LogP contribution in [0.1, 0.15) is 12.5 Å². The van der Waals surface area contributed by atoms with Crippen molar-refractivity contribution in [3.05, 3.63) is 59.7 Å². The number of hydrogen-bond donors (Lipinski definition) is 2. The van der Waals surface area contributed by atoms with Gasteiger partial charge >= 0.3 is 6.03 Å². The molecule has 0 aliphatic carbocycles. The average molecular weight is 352 g/mol. The molecule has 2 N–H and O–H groups in total. The highest BCUT2D eigenvalue weighted by Crippen LogP contribution is 2.24. The highest BCUT2D eigenvalue weighted by Gasteiger charge is 2.36. The van der Waals surface area contributed by atoms with Gasteiger partial charge in [0.05, 0.1) is 12.3 Å². The van der Waals surface area contributed by atoms with E-state index in [9.17, 15) is 19.5 Å². The third kappa shape index (κ3) is 3.41. The van der Waals surface area contributed by atoms with Gasteiger partial charge in [0, 0.05) is 0 Å². The summed E-state index contributed by atoms with van der Waals surface area (Å²) in [4.78, 5) is 37.8. The highest BCUT2D eigenvalue weighted by molar-refractivity contribution is 6.39. The van der Waals surface area contributed by atoms with E-state index in [1.807, 2.05) is 6.92 Å². The molecule has 3 rings (SSSR count). The quantitative estimate of drug-likeness (QED) is 0.651. The summed E-state index contributed by atoms with van der Waals surface area (Å²) >= 11 is 0. The molecule has 26 heavy (non-hydrogen) atoms. The Labute approximate surface area is 149 Å². The first-order valence-corrected chi connectivity index (χ1v) is 7.93. The van der Waals surface area contributed by atoms with E-state index in [2.05, 4.69) is 5.32 Å². The van der Waals surface area contributed by atoms with E-state index in [-0.39, 0.29) is 17.0 Å². The fourth-order valence-corrected chi connectivity index (χ4v) is 2.52. The highest BCUT2D eigenvalue weighted by atomic mass is 16.5. The number of urea groups is 1. The van der Waals surface area contributed by atoms with Crippen molar-refractivity contribution in [3.63, 3.8) is 0 Å². The molecule has 1 heterocycles. The third-order valence-corrected chi connectivity index (χ3v) is 3.69. The van der Waals surface area contributed by atoms with Gasteiger partial charge in [-0.25, -0.2) is 9.69 Å². The van der Waals surface area contributed by atoms with Crippen LogP contribution in [-0.4, -0.2) is 29.6 Å². The van der Waals surface area contributed by atoms with Gasteiger partial charge in [0.25, 0.3) is 11.8 Å². The van der Waals surface area contributed by atoms with Crippen molar-refractivity contribution in [2.75, 3.05) is 11.5 Å². The number of imide groups is 2. The molecule has 0 unspecified atom stereocenters. The van der Waals surface area contributed by atoms with Crippen molar-refractivity contribution in [2.24, 2.45) is 0 Å². The van der Waals surface area contributed by atoms with Gasteiger partial charge in [0.1, 0.15) is 17.1 Å². The molecule has 0 spiro atoms. The van der Waals surface area contributed by atoms with Crippen molar-refractivity contribution in [3.8, 4) is 11.5 Å². The smallest absolute Gasteiger partial charge is 0.335 e. The number of aromatic hydroxyl groups is 1. The van der Waals surface area contributed by atoms with Crippen molar-refractivity contribution in [2.45, 2.75) is 6.92 Å². The Bertz CT molecular complexity index is 902. The lowest BCUT2D eigenvalue weighted by Crippen LogP contribution is -2.54. The number of rotatable bonds is 4. The first-order chi connectivity index (χ1) is 12.5. The van der Waals surface area contributed by atoms with Crippen molar-refractivity contribution < 1.29 is 24.2 Å². The van der Waals surface area contributed by atoms with Crippen LogP contribution >= 0.6 is 0 Å². The summed E-state index contributed by atoms with van der Waals surface area (Å²) in [7, 11) is 0. The van der Waals surface area contributed by atoms with E-state index >= 15 is 0 Å². The number of carbonyl (C=O) groups is 3. The third-order valence-electron chi connectivity index (χ3n) is 3.69. The molecule has 0 atom stereocenters. The lowest BCUT2D eigenvalue weighted by molar-refractivity contribution is -0.122. The summed E-state index contributed by atoms with van der Waals surface area (Å²) in [6.45, 7) is 2.34. The number of amides is 4. The molecule has 4 amide bonds. The molecule has 0 radical (unpaired) electrons. The summed E-state index contributed by atoms with van der Waals surface area (Å²) in [5.74, 6) is -0.904. The fraction of sp³-hybridized carbons (Fsp3) is 0.105. The molecular formula is C19H16N2O5. The van der Waals surface area contributed by atoms with Gasteiger partial charge < -0.3 is 9.84 Å². The van der Waals surface area contributed by atoms with E-state index in [1.54, 1.807) is 24.3 Å². The maximum atomic E-state index is 12.7. The number of ether oxygens (including phenoxy) is 1. The Balaban J connectivity index is 1.97. The zero-order valence-electron chi connectivity index (χ0n) is 13.9. The van der Waals surface area contributed by atoms with E-state index in [0.29, 0.717) is 17.9 Å². The maximum Gasteiger partial charge on any atom is 0.335 e. The number of phenolic OH excluding ortho intramolecular Hbond substituents is 1. The maximum absolute atomic E-state index is 12.7. The molecule has 0 aromatic heterocycles. The topological polar surface area (TPSA) is 95.9 Å². The summed E-state index contributed by atoms with van der Waals surface area (Å²) in [5, 5.41) is 11.5. The first kappa shape index (κ1) is 17.2. The van der Waals surface area contributed by atoms with Crippen LogP contribution in [0, 0.1) is 0 Å². The average Bonchev–Trinajstić information content (AvgIpc) is 2.61. The van der Waals surface area contributed by atoms with Gasteiger partial charge in [-0.3, -0.25) is 14.9 Å². The van der Waals surface area contributed by atoms with E-state index in [1.165, 1.54) is 30.3 Å². The van der Waals surface area contributed by atoms with Gasteiger partial charge in [-0.05, 0) is 55.0 Å². The molecule has 1 aliphatic heterocycles. The summed E-state index contributed by atoms with van der Waals surface area (Å²) in [6.07, 6.45) is 1.40. The van der Waals surface area contributed by atoms with Crippen LogP contribution in [0.15, 0.2) is 54.1 Å². The van der Waals surface area contributed by atoms with E-state index in [0.717, 1.165) is 4.90 Å². The normalized spacial score (nSPS) is 16.0. The SMILES string of the molecule is CCOc1cccc(C=C2C(=O)NC(=O)N(c3ccc(O)cc3)C2=O)c1. The van der Waals surface area contributed by atoms with Gasteiger partial charge in [-0.2, -0.15) is 0 Å². The molecule has 7 nitrogen and oxygen atoms in total. The Hall–Kier alpha value is -3.61. The molecule has 1 aliphatic rings. The van der Waals surface area contributed by atoms with Gasteiger partial charge in [-0.1, -0.05) is 12.1 Å². The summed E-state index contributed by atoms with van der Waals surface area (Å²) < 4.78 is 5.41. The number of carbonyl (C=O) groups excluding carboxylic acids is 3. The summed E-state index contributed by atoms with van der Waals surface area (Å²) in [5.41, 5.74) is 0.660. The molecule has 7 heteroatoms. The number of benzene rings is 2. The lowest BCUT2D eigenvalue weighted by atomic mass is 10.1. The predicted octanol–water partition coefficient (Wildman–Crippen LogP) is 2.46. The number of nitrogens with zero attached hydrogens (tertiary/aromatic N) is 1. The van der Waals surface area contributed by atoms with Crippen LogP contribution < -0.4 is 15.0 Å². The Kier molecular flexibility index (Phi) is 4.70. The number of hydrogen-bond acceptors (Lipinski definition) is 5. The minimum atomic E-state index is -0.842. The molecule has 0 saturated carbocycles. The molecule has 1 saturated heterocycles. The van der Waals surface area contributed by atoms with Crippen LogP contribution in [-0.2, 0) is 9.59 Å². The van der Waals surface area contributed by atoms with E-state index in [4.69, 9.17) is 4.74 Å². The molecule has 2 aromatic rings. The van der Waals surface area contributed by atoms with Gasteiger partial charge in [0.2, 0.25) is 0 Å². The predicted molar refractivity (Wildman–Crippen MR) is 94.7 cm³/mol. The van der Waals surface area contributed by atoms with Crippen LogP contribution in [0.3, 0.4) is 0 Å². The van der Waals surface area contributed by atoms with Crippen LogP contribution in [0.25, 0.3) is 6.08 Å². The lowest BCUT2D eigenvalue weighted by Gasteiger charge is -2.26. The molecule has 132 valence electrons. The standard InChI is InChI=1S/C19H16N2O5/c1-2-26-15-5-3-4-12(10-15)11-16-17(23)20-19(25)21(18(16)24)13-6-8-14(22)9-7-13/h3-11,22H,2H2,1H3,(H,20,23,25). The largest absolute Gasteiger partial charge is 0.508 e. The number of barbiturate groups is 1. The van der Waals surface area contributed by atoms with Crippen molar-refractivity contribution in [1.29, 1.82) is 0 Å².